The highest BCUT2D eigenvalue weighted by atomic mass is 19.4. The number of hydrogen-bond acceptors (Lipinski definition) is 5. The summed E-state index contributed by atoms with van der Waals surface area (Å²) in [7, 11) is 0. The predicted octanol–water partition coefficient (Wildman–Crippen LogP) is 1.22. The van der Waals surface area contributed by atoms with Gasteiger partial charge in [-0.1, -0.05) is 6.07 Å². The number of esters is 1. The molecule has 1 N–H and O–H groups in total. The number of rotatable bonds is 5. The number of halogens is 3. The van der Waals surface area contributed by atoms with Crippen LogP contribution in [0.5, 0.6) is 11.5 Å². The minimum absolute atomic E-state index is 0.136. The summed E-state index contributed by atoms with van der Waals surface area (Å²) in [5, 5.41) is 1.61. The van der Waals surface area contributed by atoms with E-state index in [0.717, 1.165) is 0 Å². The summed E-state index contributed by atoms with van der Waals surface area (Å²) in [5.74, 6) is -0.675. The molecule has 2 rings (SSSR count). The summed E-state index contributed by atoms with van der Waals surface area (Å²) in [5.41, 5.74) is 0.579. The molecule has 0 saturated heterocycles. The highest BCUT2D eigenvalue weighted by Crippen LogP contribution is 2.30. The second-order valence-corrected chi connectivity index (χ2v) is 4.71. The van der Waals surface area contributed by atoms with Crippen LogP contribution in [-0.4, -0.2) is 44.4 Å². The first-order valence-corrected chi connectivity index (χ1v) is 6.71. The van der Waals surface area contributed by atoms with Crippen LogP contribution in [0.3, 0.4) is 0 Å². The molecule has 1 aliphatic heterocycles. The Kier molecular flexibility index (Phi) is 5.30. The van der Waals surface area contributed by atoms with Gasteiger partial charge in [-0.15, -0.1) is 0 Å². The van der Waals surface area contributed by atoms with E-state index in [4.69, 9.17) is 9.47 Å². The number of nitrogens with one attached hydrogen (secondary N) is 1. The molecule has 0 radical (unpaired) electrons. The zero-order valence-corrected chi connectivity index (χ0v) is 11.9. The van der Waals surface area contributed by atoms with Gasteiger partial charge in [0.2, 0.25) is 0 Å². The Morgan fingerprint density at radius 2 is 1.87 bits per heavy atom. The van der Waals surface area contributed by atoms with Crippen molar-refractivity contribution in [2.75, 3.05) is 26.4 Å². The van der Waals surface area contributed by atoms with Crippen molar-refractivity contribution in [3.8, 4) is 11.5 Å². The number of benzene rings is 1. The van der Waals surface area contributed by atoms with Gasteiger partial charge >= 0.3 is 12.1 Å². The SMILES string of the molecule is O=C(COC(=O)Cc1ccc2c(c1)OCCO2)NCC(F)(F)F. The highest BCUT2D eigenvalue weighted by molar-refractivity contribution is 5.81. The summed E-state index contributed by atoms with van der Waals surface area (Å²) in [4.78, 5) is 22.7. The second-order valence-electron chi connectivity index (χ2n) is 4.71. The molecular formula is C14H14F3NO5. The Morgan fingerprint density at radius 1 is 1.17 bits per heavy atom. The molecule has 9 heteroatoms. The average Bonchev–Trinajstić information content (AvgIpc) is 2.50. The molecule has 1 aromatic carbocycles. The van der Waals surface area contributed by atoms with Gasteiger partial charge in [0, 0.05) is 0 Å². The zero-order chi connectivity index (χ0) is 16.9. The lowest BCUT2D eigenvalue weighted by molar-refractivity contribution is -0.150. The van der Waals surface area contributed by atoms with Crippen molar-refractivity contribution in [3.63, 3.8) is 0 Å². The van der Waals surface area contributed by atoms with Crippen molar-refractivity contribution in [1.29, 1.82) is 0 Å². The molecule has 23 heavy (non-hydrogen) atoms. The van der Waals surface area contributed by atoms with Crippen molar-refractivity contribution in [1.82, 2.24) is 5.32 Å². The molecule has 0 aromatic heterocycles. The second kappa shape index (κ2) is 7.21. The predicted molar refractivity (Wildman–Crippen MR) is 71.2 cm³/mol. The number of carbonyl (C=O) groups excluding carboxylic acids is 2. The lowest BCUT2D eigenvalue weighted by Gasteiger charge is -2.18. The van der Waals surface area contributed by atoms with Crippen LogP contribution < -0.4 is 14.8 Å². The summed E-state index contributed by atoms with van der Waals surface area (Å²) in [6, 6.07) is 4.89. The van der Waals surface area contributed by atoms with E-state index in [1.807, 2.05) is 0 Å². The largest absolute Gasteiger partial charge is 0.486 e. The van der Waals surface area contributed by atoms with Crippen molar-refractivity contribution in [3.05, 3.63) is 23.8 Å². The number of amides is 1. The van der Waals surface area contributed by atoms with E-state index in [1.54, 1.807) is 23.5 Å². The van der Waals surface area contributed by atoms with Gasteiger partial charge in [0.25, 0.3) is 5.91 Å². The highest BCUT2D eigenvalue weighted by Gasteiger charge is 2.27. The average molecular weight is 333 g/mol. The van der Waals surface area contributed by atoms with E-state index in [0.29, 0.717) is 30.3 Å². The van der Waals surface area contributed by atoms with Gasteiger partial charge in [0.1, 0.15) is 19.8 Å². The van der Waals surface area contributed by atoms with Crippen molar-refractivity contribution in [2.24, 2.45) is 0 Å². The zero-order valence-electron chi connectivity index (χ0n) is 11.9. The first-order valence-electron chi connectivity index (χ1n) is 6.71. The molecule has 0 atom stereocenters. The molecule has 0 saturated carbocycles. The number of carbonyl (C=O) groups is 2. The number of alkyl halides is 3. The summed E-state index contributed by atoms with van der Waals surface area (Å²) < 4.78 is 51.0. The molecule has 126 valence electrons. The van der Waals surface area contributed by atoms with E-state index in [9.17, 15) is 22.8 Å². The van der Waals surface area contributed by atoms with Gasteiger partial charge < -0.3 is 19.5 Å². The van der Waals surface area contributed by atoms with Crippen molar-refractivity contribution >= 4 is 11.9 Å². The molecule has 1 amide bonds. The van der Waals surface area contributed by atoms with E-state index >= 15 is 0 Å². The maximum absolute atomic E-state index is 11.9. The topological polar surface area (TPSA) is 73.9 Å². The smallest absolute Gasteiger partial charge is 0.405 e. The maximum atomic E-state index is 11.9. The van der Waals surface area contributed by atoms with E-state index < -0.39 is 31.2 Å². The number of ether oxygens (including phenoxy) is 3. The van der Waals surface area contributed by atoms with Crippen LogP contribution in [-0.2, 0) is 20.7 Å². The third-order valence-corrected chi connectivity index (χ3v) is 2.81. The molecule has 1 heterocycles. The van der Waals surface area contributed by atoms with Crippen LogP contribution in [0.15, 0.2) is 18.2 Å². The first-order chi connectivity index (χ1) is 10.8. The molecular weight excluding hydrogens is 319 g/mol. The third kappa shape index (κ3) is 5.68. The molecule has 0 fully saturated rings. The van der Waals surface area contributed by atoms with Crippen molar-refractivity contribution in [2.45, 2.75) is 12.6 Å². The number of hydrogen-bond donors (Lipinski definition) is 1. The van der Waals surface area contributed by atoms with Gasteiger partial charge in [-0.25, -0.2) is 0 Å². The quantitative estimate of drug-likeness (QED) is 0.820. The van der Waals surface area contributed by atoms with Gasteiger partial charge in [-0.2, -0.15) is 13.2 Å². The van der Waals surface area contributed by atoms with Crippen LogP contribution in [0.4, 0.5) is 13.2 Å². The summed E-state index contributed by atoms with van der Waals surface area (Å²) >= 11 is 0. The summed E-state index contributed by atoms with van der Waals surface area (Å²) in [6.45, 7) is -1.38. The fourth-order valence-electron chi connectivity index (χ4n) is 1.81. The lowest BCUT2D eigenvalue weighted by atomic mass is 10.1. The Labute approximate surface area is 129 Å². The fourth-order valence-corrected chi connectivity index (χ4v) is 1.81. The van der Waals surface area contributed by atoms with Gasteiger partial charge in [0.05, 0.1) is 6.42 Å². The van der Waals surface area contributed by atoms with E-state index in [-0.39, 0.29) is 6.42 Å². The molecule has 0 unspecified atom stereocenters. The van der Waals surface area contributed by atoms with Crippen LogP contribution in [0.1, 0.15) is 5.56 Å². The third-order valence-electron chi connectivity index (χ3n) is 2.81. The molecule has 0 aliphatic carbocycles. The molecule has 0 bridgehead atoms. The lowest BCUT2D eigenvalue weighted by Crippen LogP contribution is -2.36. The van der Waals surface area contributed by atoms with E-state index in [2.05, 4.69) is 4.74 Å². The Hall–Kier alpha value is -2.45. The Balaban J connectivity index is 1.77. The standard InChI is InChI=1S/C14H14F3NO5/c15-14(16,17)8-18-12(19)7-23-13(20)6-9-1-2-10-11(5-9)22-4-3-21-10/h1-2,5H,3-4,6-8H2,(H,18,19). The number of fused-ring (bicyclic) bond motifs is 1. The minimum atomic E-state index is -4.51. The normalized spacial score (nSPS) is 13.3. The monoisotopic (exact) mass is 333 g/mol. The van der Waals surface area contributed by atoms with Crippen LogP contribution >= 0.6 is 0 Å². The van der Waals surface area contributed by atoms with Crippen LogP contribution in [0.25, 0.3) is 0 Å². The van der Waals surface area contributed by atoms with Gasteiger partial charge in [-0.05, 0) is 17.7 Å². The fraction of sp³-hybridized carbons (Fsp3) is 0.429. The summed E-state index contributed by atoms with van der Waals surface area (Å²) in [6.07, 6.45) is -4.64. The Bertz CT molecular complexity index is 588. The molecule has 0 spiro atoms. The molecule has 1 aromatic rings. The van der Waals surface area contributed by atoms with Crippen LogP contribution in [0.2, 0.25) is 0 Å². The maximum Gasteiger partial charge on any atom is 0.405 e. The van der Waals surface area contributed by atoms with Gasteiger partial charge in [0.15, 0.2) is 18.1 Å². The van der Waals surface area contributed by atoms with Crippen molar-refractivity contribution < 1.29 is 37.0 Å². The molecule has 1 aliphatic rings. The molecule has 6 nitrogen and oxygen atoms in total. The first kappa shape index (κ1) is 16.9. The van der Waals surface area contributed by atoms with Gasteiger partial charge in [-0.3, -0.25) is 9.59 Å². The Morgan fingerprint density at radius 3 is 2.57 bits per heavy atom. The minimum Gasteiger partial charge on any atom is -0.486 e. The van der Waals surface area contributed by atoms with E-state index in [1.165, 1.54) is 0 Å². The van der Waals surface area contributed by atoms with Crippen LogP contribution in [0, 0.1) is 0 Å².